The normalized spacial score (nSPS) is 30.2. The van der Waals surface area contributed by atoms with Crippen molar-refractivity contribution in [2.24, 2.45) is 5.73 Å². The highest BCUT2D eigenvalue weighted by Crippen LogP contribution is 2.39. The first-order valence-corrected chi connectivity index (χ1v) is 6.60. The van der Waals surface area contributed by atoms with Crippen molar-refractivity contribution in [3.63, 3.8) is 0 Å². The van der Waals surface area contributed by atoms with Gasteiger partial charge in [-0.05, 0) is 12.8 Å². The van der Waals surface area contributed by atoms with Gasteiger partial charge in [-0.2, -0.15) is 11.8 Å². The van der Waals surface area contributed by atoms with Crippen molar-refractivity contribution in [2.45, 2.75) is 37.6 Å². The molecule has 82 valence electrons. The molecule has 0 bridgehead atoms. The third-order valence-corrected chi connectivity index (χ3v) is 3.98. The maximum Gasteiger partial charge on any atom is 0.168 e. The van der Waals surface area contributed by atoms with Gasteiger partial charge in [0.25, 0.3) is 0 Å². The van der Waals surface area contributed by atoms with Crippen LogP contribution in [0, 0.1) is 0 Å². The smallest absolute Gasteiger partial charge is 0.168 e. The van der Waals surface area contributed by atoms with E-state index in [1.807, 2.05) is 11.8 Å². The van der Waals surface area contributed by atoms with E-state index >= 15 is 0 Å². The standard InChI is InChI=1S/C10H19NO2S/c11-5-6-14-8-9-7-12-10(13-9)3-1-2-4-10/h9H,1-8,11H2. The van der Waals surface area contributed by atoms with Gasteiger partial charge in [-0.15, -0.1) is 0 Å². The van der Waals surface area contributed by atoms with E-state index in [9.17, 15) is 0 Å². The van der Waals surface area contributed by atoms with Crippen LogP contribution < -0.4 is 5.73 Å². The predicted molar refractivity (Wildman–Crippen MR) is 58.4 cm³/mol. The van der Waals surface area contributed by atoms with Gasteiger partial charge in [0, 0.05) is 30.9 Å². The third-order valence-electron chi connectivity index (χ3n) is 2.85. The molecule has 0 amide bonds. The lowest BCUT2D eigenvalue weighted by atomic mass is 10.2. The fourth-order valence-electron chi connectivity index (χ4n) is 2.17. The summed E-state index contributed by atoms with van der Waals surface area (Å²) in [5.41, 5.74) is 5.44. The average Bonchev–Trinajstić information content (AvgIpc) is 2.79. The number of hydrogen-bond acceptors (Lipinski definition) is 4. The predicted octanol–water partition coefficient (Wildman–Crippen LogP) is 1.36. The number of thioether (sulfide) groups is 1. The van der Waals surface area contributed by atoms with Crippen LogP contribution in [-0.4, -0.2) is 36.5 Å². The van der Waals surface area contributed by atoms with E-state index in [2.05, 4.69) is 0 Å². The molecule has 4 heteroatoms. The molecule has 1 heterocycles. The van der Waals surface area contributed by atoms with Crippen molar-refractivity contribution < 1.29 is 9.47 Å². The molecular formula is C10H19NO2S. The quantitative estimate of drug-likeness (QED) is 0.722. The van der Waals surface area contributed by atoms with Crippen LogP contribution in [0.4, 0.5) is 0 Å². The molecule has 0 radical (unpaired) electrons. The molecule has 0 aromatic rings. The van der Waals surface area contributed by atoms with Crippen LogP contribution in [-0.2, 0) is 9.47 Å². The van der Waals surface area contributed by atoms with Gasteiger partial charge in [0.05, 0.1) is 12.7 Å². The topological polar surface area (TPSA) is 44.5 Å². The molecule has 2 rings (SSSR count). The molecule has 1 aliphatic heterocycles. The molecule has 0 aromatic heterocycles. The highest BCUT2D eigenvalue weighted by molar-refractivity contribution is 7.99. The van der Waals surface area contributed by atoms with Crippen molar-refractivity contribution in [1.82, 2.24) is 0 Å². The van der Waals surface area contributed by atoms with Crippen molar-refractivity contribution in [3.05, 3.63) is 0 Å². The summed E-state index contributed by atoms with van der Waals surface area (Å²) in [7, 11) is 0. The zero-order chi connectivity index (χ0) is 9.86. The number of hydrogen-bond donors (Lipinski definition) is 1. The van der Waals surface area contributed by atoms with Crippen LogP contribution in [0.3, 0.4) is 0 Å². The van der Waals surface area contributed by atoms with E-state index in [1.165, 1.54) is 12.8 Å². The van der Waals surface area contributed by atoms with Gasteiger partial charge in [0.1, 0.15) is 0 Å². The Hall–Kier alpha value is 0.230. The van der Waals surface area contributed by atoms with Gasteiger partial charge < -0.3 is 15.2 Å². The van der Waals surface area contributed by atoms with E-state index in [1.54, 1.807) is 0 Å². The Bertz CT molecular complexity index is 183. The monoisotopic (exact) mass is 217 g/mol. The Balaban J connectivity index is 1.71. The molecule has 1 unspecified atom stereocenters. The summed E-state index contributed by atoms with van der Waals surface area (Å²) in [6, 6.07) is 0. The van der Waals surface area contributed by atoms with Crippen LogP contribution in [0.2, 0.25) is 0 Å². The lowest BCUT2D eigenvalue weighted by Crippen LogP contribution is -2.27. The molecule has 2 fully saturated rings. The Morgan fingerprint density at radius 1 is 1.36 bits per heavy atom. The van der Waals surface area contributed by atoms with Gasteiger partial charge in [0.2, 0.25) is 0 Å². The van der Waals surface area contributed by atoms with E-state index in [0.29, 0.717) is 6.10 Å². The number of ether oxygens (including phenoxy) is 2. The molecule has 0 aromatic carbocycles. The van der Waals surface area contributed by atoms with Crippen molar-refractivity contribution >= 4 is 11.8 Å². The van der Waals surface area contributed by atoms with Crippen molar-refractivity contribution in [3.8, 4) is 0 Å². The summed E-state index contributed by atoms with van der Waals surface area (Å²) in [6.45, 7) is 1.53. The average molecular weight is 217 g/mol. The van der Waals surface area contributed by atoms with Crippen LogP contribution >= 0.6 is 11.8 Å². The first-order chi connectivity index (χ1) is 6.85. The summed E-state index contributed by atoms with van der Waals surface area (Å²) in [4.78, 5) is 0. The van der Waals surface area contributed by atoms with Crippen molar-refractivity contribution in [2.75, 3.05) is 24.7 Å². The van der Waals surface area contributed by atoms with Crippen molar-refractivity contribution in [1.29, 1.82) is 0 Å². The lowest BCUT2D eigenvalue weighted by molar-refractivity contribution is -0.159. The van der Waals surface area contributed by atoms with Gasteiger partial charge in [0.15, 0.2) is 5.79 Å². The van der Waals surface area contributed by atoms with Crippen LogP contribution in [0.1, 0.15) is 25.7 Å². The highest BCUT2D eigenvalue weighted by Gasteiger charge is 2.43. The maximum atomic E-state index is 5.97. The molecule has 3 nitrogen and oxygen atoms in total. The molecule has 2 N–H and O–H groups in total. The maximum absolute atomic E-state index is 5.97. The summed E-state index contributed by atoms with van der Waals surface area (Å²) in [5.74, 6) is 1.86. The second-order valence-electron chi connectivity index (χ2n) is 4.03. The van der Waals surface area contributed by atoms with Gasteiger partial charge >= 0.3 is 0 Å². The van der Waals surface area contributed by atoms with Gasteiger partial charge in [-0.25, -0.2) is 0 Å². The van der Waals surface area contributed by atoms with Gasteiger partial charge in [-0.3, -0.25) is 0 Å². The van der Waals surface area contributed by atoms with E-state index < -0.39 is 0 Å². The van der Waals surface area contributed by atoms with Gasteiger partial charge in [-0.1, -0.05) is 0 Å². The first kappa shape index (κ1) is 10.7. The first-order valence-electron chi connectivity index (χ1n) is 5.44. The molecule has 1 spiro atoms. The zero-order valence-electron chi connectivity index (χ0n) is 8.54. The molecule has 1 aliphatic carbocycles. The Morgan fingerprint density at radius 2 is 2.14 bits per heavy atom. The van der Waals surface area contributed by atoms with E-state index in [4.69, 9.17) is 15.2 Å². The van der Waals surface area contributed by atoms with Crippen LogP contribution in [0.15, 0.2) is 0 Å². The largest absolute Gasteiger partial charge is 0.347 e. The Kier molecular flexibility index (Phi) is 3.71. The summed E-state index contributed by atoms with van der Waals surface area (Å²) < 4.78 is 11.8. The highest BCUT2D eigenvalue weighted by atomic mass is 32.2. The molecule has 14 heavy (non-hydrogen) atoms. The fraction of sp³-hybridized carbons (Fsp3) is 1.00. The van der Waals surface area contributed by atoms with Crippen LogP contribution in [0.5, 0.6) is 0 Å². The molecule has 1 saturated carbocycles. The SMILES string of the molecule is NCCSCC1COC2(CCCC2)O1. The summed E-state index contributed by atoms with van der Waals surface area (Å²) in [5, 5.41) is 0. The van der Waals surface area contributed by atoms with E-state index in [0.717, 1.165) is 37.5 Å². The molecule has 1 saturated heterocycles. The second kappa shape index (κ2) is 4.84. The van der Waals surface area contributed by atoms with E-state index in [-0.39, 0.29) is 5.79 Å². The fourth-order valence-corrected chi connectivity index (χ4v) is 2.93. The number of nitrogens with two attached hydrogens (primary N) is 1. The molecular weight excluding hydrogens is 198 g/mol. The van der Waals surface area contributed by atoms with Crippen LogP contribution in [0.25, 0.3) is 0 Å². The molecule has 2 aliphatic rings. The minimum absolute atomic E-state index is 0.187. The summed E-state index contributed by atoms with van der Waals surface area (Å²) >= 11 is 1.86. The minimum atomic E-state index is -0.187. The Labute approximate surface area is 89.7 Å². The third kappa shape index (κ3) is 2.42. The zero-order valence-corrected chi connectivity index (χ0v) is 9.35. The summed E-state index contributed by atoms with van der Waals surface area (Å²) in [6.07, 6.45) is 4.98. The number of rotatable bonds is 4. The molecule has 1 atom stereocenters. The lowest BCUT2D eigenvalue weighted by Gasteiger charge is -2.21. The Morgan fingerprint density at radius 3 is 2.86 bits per heavy atom. The minimum Gasteiger partial charge on any atom is -0.347 e. The second-order valence-corrected chi connectivity index (χ2v) is 5.18.